The second-order valence-electron chi connectivity index (χ2n) is 6.81. The first-order valence-electron chi connectivity index (χ1n) is 7.69. The number of aryl methyl sites for hydroxylation is 1. The molecule has 1 N–H and O–H groups in total. The van der Waals surface area contributed by atoms with E-state index in [9.17, 15) is 5.11 Å². The lowest BCUT2D eigenvalue weighted by Gasteiger charge is -2.45. The lowest BCUT2D eigenvalue weighted by atomic mass is 9.68. The van der Waals surface area contributed by atoms with Gasteiger partial charge in [0.2, 0.25) is 0 Å². The summed E-state index contributed by atoms with van der Waals surface area (Å²) in [5.74, 6) is 0. The van der Waals surface area contributed by atoms with Crippen molar-refractivity contribution in [3.63, 3.8) is 0 Å². The first-order valence-corrected chi connectivity index (χ1v) is 7.69. The Morgan fingerprint density at radius 2 is 2.00 bits per heavy atom. The van der Waals surface area contributed by atoms with Crippen molar-refractivity contribution in [2.45, 2.75) is 71.1 Å². The molecule has 0 amide bonds. The summed E-state index contributed by atoms with van der Waals surface area (Å²) in [5, 5.41) is 15.2. The molecule has 20 heavy (non-hydrogen) atoms. The average Bonchev–Trinajstić information content (AvgIpc) is 2.87. The highest BCUT2D eigenvalue weighted by Crippen LogP contribution is 2.47. The minimum atomic E-state index is -0.599. The Morgan fingerprint density at radius 1 is 1.35 bits per heavy atom. The third-order valence-electron chi connectivity index (χ3n) is 4.82. The van der Waals surface area contributed by atoms with Crippen molar-refractivity contribution in [1.82, 2.24) is 9.78 Å². The zero-order valence-electron chi connectivity index (χ0n) is 13.2. The Balaban J connectivity index is 2.21. The summed E-state index contributed by atoms with van der Waals surface area (Å²) >= 11 is 0. The normalized spacial score (nSPS) is 22.6. The number of hydrogen-bond donors (Lipinski definition) is 1. The van der Waals surface area contributed by atoms with E-state index in [0.29, 0.717) is 5.41 Å². The number of ether oxygens (including phenoxy) is 1. The Labute approximate surface area is 122 Å². The minimum absolute atomic E-state index is 0.353. The van der Waals surface area contributed by atoms with E-state index in [2.05, 4.69) is 25.9 Å². The molecule has 1 aliphatic rings. The Hall–Kier alpha value is -0.870. The van der Waals surface area contributed by atoms with E-state index in [1.807, 2.05) is 10.7 Å². The number of hydrogen-bond acceptors (Lipinski definition) is 3. The molecule has 0 aliphatic heterocycles. The van der Waals surface area contributed by atoms with Gasteiger partial charge in [-0.25, -0.2) is 0 Å². The second-order valence-corrected chi connectivity index (χ2v) is 6.81. The molecule has 1 atom stereocenters. The van der Waals surface area contributed by atoms with Gasteiger partial charge < -0.3 is 9.84 Å². The van der Waals surface area contributed by atoms with E-state index in [0.717, 1.165) is 44.3 Å². The molecule has 0 saturated heterocycles. The van der Waals surface area contributed by atoms with Crippen LogP contribution in [0.15, 0.2) is 12.3 Å². The third kappa shape index (κ3) is 2.91. The number of aromatic nitrogens is 2. The largest absolute Gasteiger partial charge is 0.384 e. The van der Waals surface area contributed by atoms with E-state index in [1.54, 1.807) is 13.3 Å². The van der Waals surface area contributed by atoms with Gasteiger partial charge in [-0.2, -0.15) is 5.10 Å². The maximum absolute atomic E-state index is 10.9. The first-order chi connectivity index (χ1) is 9.44. The number of methoxy groups -OCH3 is 1. The van der Waals surface area contributed by atoms with Crippen LogP contribution in [0.2, 0.25) is 0 Å². The molecule has 4 nitrogen and oxygen atoms in total. The predicted molar refractivity (Wildman–Crippen MR) is 79.5 cm³/mol. The SMILES string of the molecule is CCCn1nccc1C(O)C1(OC)CCC(C)(C)CC1. The highest BCUT2D eigenvalue weighted by atomic mass is 16.5. The van der Waals surface area contributed by atoms with Crippen molar-refractivity contribution in [2.24, 2.45) is 5.41 Å². The quantitative estimate of drug-likeness (QED) is 0.900. The van der Waals surface area contributed by atoms with Crippen LogP contribution >= 0.6 is 0 Å². The maximum atomic E-state index is 10.9. The third-order valence-corrected chi connectivity index (χ3v) is 4.82. The summed E-state index contributed by atoms with van der Waals surface area (Å²) in [7, 11) is 1.72. The van der Waals surface area contributed by atoms with Crippen molar-refractivity contribution in [3.05, 3.63) is 18.0 Å². The zero-order valence-corrected chi connectivity index (χ0v) is 13.2. The molecular weight excluding hydrogens is 252 g/mol. The molecule has 2 rings (SSSR count). The molecule has 0 bridgehead atoms. The van der Waals surface area contributed by atoms with Crippen LogP contribution in [0, 0.1) is 5.41 Å². The summed E-state index contributed by atoms with van der Waals surface area (Å²) in [6.07, 6.45) is 6.14. The van der Waals surface area contributed by atoms with Crippen molar-refractivity contribution >= 4 is 0 Å². The van der Waals surface area contributed by atoms with Gasteiger partial charge in [0.1, 0.15) is 6.10 Å². The molecule has 1 fully saturated rings. The minimum Gasteiger partial charge on any atom is -0.384 e. The van der Waals surface area contributed by atoms with Gasteiger partial charge in [0, 0.05) is 19.9 Å². The molecule has 0 aromatic carbocycles. The predicted octanol–water partition coefficient (Wildman–Crippen LogP) is 3.31. The van der Waals surface area contributed by atoms with Crippen LogP contribution in [0.1, 0.15) is 64.7 Å². The van der Waals surface area contributed by atoms with Gasteiger partial charge in [0.15, 0.2) is 0 Å². The smallest absolute Gasteiger partial charge is 0.124 e. The Kier molecular flexibility index (Phi) is 4.55. The molecule has 0 radical (unpaired) electrons. The summed E-state index contributed by atoms with van der Waals surface area (Å²) in [6, 6.07) is 1.92. The fourth-order valence-electron chi connectivity index (χ4n) is 3.18. The van der Waals surface area contributed by atoms with E-state index < -0.39 is 11.7 Å². The van der Waals surface area contributed by atoms with Gasteiger partial charge in [0.25, 0.3) is 0 Å². The van der Waals surface area contributed by atoms with Crippen molar-refractivity contribution < 1.29 is 9.84 Å². The highest BCUT2D eigenvalue weighted by molar-refractivity contribution is 5.12. The van der Waals surface area contributed by atoms with Crippen LogP contribution in [0.5, 0.6) is 0 Å². The molecule has 0 spiro atoms. The molecular formula is C16H28N2O2. The van der Waals surface area contributed by atoms with E-state index in [4.69, 9.17) is 4.74 Å². The Morgan fingerprint density at radius 3 is 2.55 bits per heavy atom. The average molecular weight is 280 g/mol. The second kappa shape index (κ2) is 5.86. The van der Waals surface area contributed by atoms with Gasteiger partial charge in [-0.1, -0.05) is 20.8 Å². The molecule has 1 aromatic heterocycles. The zero-order chi connectivity index (χ0) is 14.8. The summed E-state index contributed by atoms with van der Waals surface area (Å²) in [6.45, 7) is 7.54. The Bertz CT molecular complexity index is 429. The van der Waals surface area contributed by atoms with Crippen LogP contribution in [0.4, 0.5) is 0 Å². The first kappa shape index (κ1) is 15.5. The number of rotatable bonds is 5. The van der Waals surface area contributed by atoms with Crippen LogP contribution in [0.25, 0.3) is 0 Å². The lowest BCUT2D eigenvalue weighted by molar-refractivity contribution is -0.140. The van der Waals surface area contributed by atoms with Crippen LogP contribution < -0.4 is 0 Å². The fourth-order valence-corrected chi connectivity index (χ4v) is 3.18. The van der Waals surface area contributed by atoms with Crippen molar-refractivity contribution in [3.8, 4) is 0 Å². The van der Waals surface area contributed by atoms with Gasteiger partial charge >= 0.3 is 0 Å². The molecule has 1 saturated carbocycles. The fraction of sp³-hybridized carbons (Fsp3) is 0.812. The van der Waals surface area contributed by atoms with Gasteiger partial charge in [-0.05, 0) is 43.6 Å². The summed E-state index contributed by atoms with van der Waals surface area (Å²) < 4.78 is 7.71. The molecule has 1 heterocycles. The van der Waals surface area contributed by atoms with Crippen molar-refractivity contribution in [1.29, 1.82) is 0 Å². The molecule has 1 unspecified atom stereocenters. The van der Waals surface area contributed by atoms with Gasteiger partial charge in [-0.15, -0.1) is 0 Å². The summed E-state index contributed by atoms with van der Waals surface area (Å²) in [5.41, 5.74) is 0.778. The number of aliphatic hydroxyl groups excluding tert-OH is 1. The molecule has 4 heteroatoms. The van der Waals surface area contributed by atoms with E-state index in [1.165, 1.54) is 0 Å². The van der Waals surface area contributed by atoms with Crippen molar-refractivity contribution in [2.75, 3.05) is 7.11 Å². The molecule has 1 aliphatic carbocycles. The monoisotopic (exact) mass is 280 g/mol. The van der Waals surface area contributed by atoms with Crippen LogP contribution in [0.3, 0.4) is 0 Å². The molecule has 114 valence electrons. The highest BCUT2D eigenvalue weighted by Gasteiger charge is 2.45. The van der Waals surface area contributed by atoms with Gasteiger partial charge in [-0.3, -0.25) is 4.68 Å². The summed E-state index contributed by atoms with van der Waals surface area (Å²) in [4.78, 5) is 0. The standard InChI is InChI=1S/C16H28N2O2/c1-5-12-18-13(6-11-17-18)14(19)16(20-4)9-7-15(2,3)8-10-16/h6,11,14,19H,5,7-10,12H2,1-4H3. The van der Waals surface area contributed by atoms with Crippen LogP contribution in [-0.2, 0) is 11.3 Å². The number of nitrogens with zero attached hydrogens (tertiary/aromatic N) is 2. The van der Waals surface area contributed by atoms with E-state index >= 15 is 0 Å². The topological polar surface area (TPSA) is 47.3 Å². The lowest BCUT2D eigenvalue weighted by Crippen LogP contribution is -2.44. The maximum Gasteiger partial charge on any atom is 0.124 e. The molecule has 1 aromatic rings. The van der Waals surface area contributed by atoms with E-state index in [-0.39, 0.29) is 0 Å². The number of aliphatic hydroxyl groups is 1. The van der Waals surface area contributed by atoms with Gasteiger partial charge in [0.05, 0.1) is 11.3 Å². The van der Waals surface area contributed by atoms with Crippen LogP contribution in [-0.4, -0.2) is 27.6 Å².